The molecule has 0 rings (SSSR count). The van der Waals surface area contributed by atoms with Gasteiger partial charge in [0.2, 0.25) is 0 Å². The van der Waals surface area contributed by atoms with Crippen LogP contribution in [0, 0.1) is 5.92 Å². The Hall–Kier alpha value is -0.370. The van der Waals surface area contributed by atoms with Crippen LogP contribution < -0.4 is 0 Å². The van der Waals surface area contributed by atoms with E-state index in [-0.39, 0.29) is 5.92 Å². The molecule has 0 spiro atoms. The third-order valence-electron chi connectivity index (χ3n) is 1.81. The maximum Gasteiger partial charge on any atom is 0.135 e. The van der Waals surface area contributed by atoms with Gasteiger partial charge >= 0.3 is 0 Å². The lowest BCUT2D eigenvalue weighted by Crippen LogP contribution is -2.06. The summed E-state index contributed by atoms with van der Waals surface area (Å²) in [5.74, 6) is 0.559. The van der Waals surface area contributed by atoms with E-state index in [4.69, 9.17) is 4.74 Å². The van der Waals surface area contributed by atoms with Crippen molar-refractivity contribution in [1.29, 1.82) is 0 Å². The van der Waals surface area contributed by atoms with Gasteiger partial charge in [0.25, 0.3) is 0 Å². The minimum atomic E-state index is 0.192. The molecule has 0 aromatic carbocycles. The molecule has 72 valence electrons. The molecule has 0 bridgehead atoms. The monoisotopic (exact) mass is 172 g/mol. The van der Waals surface area contributed by atoms with Gasteiger partial charge in [-0.15, -0.1) is 0 Å². The molecule has 0 heterocycles. The Labute approximate surface area is 75.3 Å². The Morgan fingerprint density at radius 3 is 2.50 bits per heavy atom. The summed E-state index contributed by atoms with van der Waals surface area (Å²) < 4.78 is 5.16. The molecule has 0 atom stereocenters. The number of Topliss-reactive ketones (excluding diaryl/α,β-unsaturated/α-hetero) is 1. The van der Waals surface area contributed by atoms with E-state index in [2.05, 4.69) is 0 Å². The first-order chi connectivity index (χ1) is 5.68. The molecule has 0 aliphatic rings. The van der Waals surface area contributed by atoms with Crippen LogP contribution in [0.2, 0.25) is 0 Å². The summed E-state index contributed by atoms with van der Waals surface area (Å²) in [6.07, 6.45) is 2.69. The Morgan fingerprint density at radius 2 is 2.00 bits per heavy atom. The lowest BCUT2D eigenvalue weighted by Gasteiger charge is -2.03. The molecule has 0 saturated carbocycles. The van der Waals surface area contributed by atoms with Crippen LogP contribution in [0.5, 0.6) is 0 Å². The summed E-state index contributed by atoms with van der Waals surface area (Å²) in [5.41, 5.74) is 0. The lowest BCUT2D eigenvalue weighted by atomic mass is 10.0. The van der Waals surface area contributed by atoms with E-state index in [0.29, 0.717) is 12.2 Å². The van der Waals surface area contributed by atoms with E-state index in [1.54, 1.807) is 0 Å². The second-order valence-corrected chi connectivity index (χ2v) is 3.28. The van der Waals surface area contributed by atoms with Crippen LogP contribution in [0.4, 0.5) is 0 Å². The third-order valence-corrected chi connectivity index (χ3v) is 1.81. The van der Waals surface area contributed by atoms with Gasteiger partial charge in [-0.3, -0.25) is 4.79 Å². The molecule has 0 radical (unpaired) electrons. The van der Waals surface area contributed by atoms with Crippen molar-refractivity contribution < 1.29 is 9.53 Å². The largest absolute Gasteiger partial charge is 0.382 e. The first-order valence-electron chi connectivity index (χ1n) is 4.79. The molecular formula is C10H20O2. The van der Waals surface area contributed by atoms with Crippen molar-refractivity contribution in [3.05, 3.63) is 0 Å². The topological polar surface area (TPSA) is 26.3 Å². The highest BCUT2D eigenvalue weighted by atomic mass is 16.5. The first-order valence-corrected chi connectivity index (χ1v) is 4.79. The van der Waals surface area contributed by atoms with Crippen molar-refractivity contribution in [2.75, 3.05) is 13.2 Å². The van der Waals surface area contributed by atoms with Crippen molar-refractivity contribution in [3.63, 3.8) is 0 Å². The average Bonchev–Trinajstić information content (AvgIpc) is 2.03. The molecule has 0 unspecified atom stereocenters. The predicted octanol–water partition coefficient (Wildman–Crippen LogP) is 2.42. The molecule has 0 aromatic heterocycles. The Kier molecular flexibility index (Phi) is 7.06. The van der Waals surface area contributed by atoms with Gasteiger partial charge in [0.15, 0.2) is 0 Å². The molecular weight excluding hydrogens is 152 g/mol. The fraction of sp³-hybridized carbons (Fsp3) is 0.900. The number of ether oxygens (including phenoxy) is 1. The fourth-order valence-electron chi connectivity index (χ4n) is 0.936. The zero-order chi connectivity index (χ0) is 9.40. The molecule has 0 fully saturated rings. The number of hydrogen-bond acceptors (Lipinski definition) is 2. The van der Waals surface area contributed by atoms with E-state index in [0.717, 1.165) is 26.1 Å². The fourth-order valence-corrected chi connectivity index (χ4v) is 0.936. The molecule has 0 saturated heterocycles. The van der Waals surface area contributed by atoms with Crippen LogP contribution in [0.25, 0.3) is 0 Å². The van der Waals surface area contributed by atoms with Crippen LogP contribution >= 0.6 is 0 Å². The summed E-state index contributed by atoms with van der Waals surface area (Å²) in [5, 5.41) is 0. The SMILES string of the molecule is CCOCCCCC(=O)C(C)C. The summed E-state index contributed by atoms with van der Waals surface area (Å²) in [7, 11) is 0. The predicted molar refractivity (Wildman–Crippen MR) is 50.2 cm³/mol. The van der Waals surface area contributed by atoms with Crippen LogP contribution in [-0.4, -0.2) is 19.0 Å². The highest BCUT2D eigenvalue weighted by Crippen LogP contribution is 2.03. The molecule has 2 nitrogen and oxygen atoms in total. The Balaban J connectivity index is 3.14. The smallest absolute Gasteiger partial charge is 0.135 e. The summed E-state index contributed by atoms with van der Waals surface area (Å²) in [6.45, 7) is 7.45. The molecule has 0 N–H and O–H groups in total. The van der Waals surface area contributed by atoms with Gasteiger partial charge in [-0.1, -0.05) is 13.8 Å². The van der Waals surface area contributed by atoms with E-state index >= 15 is 0 Å². The molecule has 0 aliphatic carbocycles. The second-order valence-electron chi connectivity index (χ2n) is 3.28. The third kappa shape index (κ3) is 6.35. The van der Waals surface area contributed by atoms with Gasteiger partial charge in [-0.25, -0.2) is 0 Å². The van der Waals surface area contributed by atoms with Gasteiger partial charge in [0, 0.05) is 25.6 Å². The lowest BCUT2D eigenvalue weighted by molar-refractivity contribution is -0.122. The number of ketones is 1. The number of carbonyl (C=O) groups excluding carboxylic acids is 1. The van der Waals surface area contributed by atoms with Crippen LogP contribution in [0.15, 0.2) is 0 Å². The van der Waals surface area contributed by atoms with Crippen LogP contribution in [0.3, 0.4) is 0 Å². The quantitative estimate of drug-likeness (QED) is 0.551. The number of carbonyl (C=O) groups is 1. The van der Waals surface area contributed by atoms with E-state index < -0.39 is 0 Å². The molecule has 0 aliphatic heterocycles. The normalized spacial score (nSPS) is 10.7. The molecule has 2 heteroatoms. The van der Waals surface area contributed by atoms with Crippen molar-refractivity contribution in [2.45, 2.75) is 40.0 Å². The highest BCUT2D eigenvalue weighted by Gasteiger charge is 2.05. The maximum atomic E-state index is 11.1. The van der Waals surface area contributed by atoms with Gasteiger partial charge in [0.05, 0.1) is 0 Å². The van der Waals surface area contributed by atoms with E-state index in [1.165, 1.54) is 0 Å². The van der Waals surface area contributed by atoms with Gasteiger partial charge in [-0.2, -0.15) is 0 Å². The van der Waals surface area contributed by atoms with Crippen molar-refractivity contribution >= 4 is 5.78 Å². The molecule has 0 aromatic rings. The number of hydrogen-bond donors (Lipinski definition) is 0. The summed E-state index contributed by atoms with van der Waals surface area (Å²) in [4.78, 5) is 11.1. The summed E-state index contributed by atoms with van der Waals surface area (Å²) in [6, 6.07) is 0. The molecule has 12 heavy (non-hydrogen) atoms. The highest BCUT2D eigenvalue weighted by molar-refractivity contribution is 5.80. The zero-order valence-electron chi connectivity index (χ0n) is 8.43. The minimum absolute atomic E-state index is 0.192. The summed E-state index contributed by atoms with van der Waals surface area (Å²) >= 11 is 0. The standard InChI is InChI=1S/C10H20O2/c1-4-12-8-6-5-7-10(11)9(2)3/h9H,4-8H2,1-3H3. The van der Waals surface area contributed by atoms with Crippen LogP contribution in [-0.2, 0) is 9.53 Å². The Bertz CT molecular complexity index is 119. The van der Waals surface area contributed by atoms with Crippen molar-refractivity contribution in [2.24, 2.45) is 5.92 Å². The second kappa shape index (κ2) is 7.29. The van der Waals surface area contributed by atoms with E-state index in [9.17, 15) is 4.79 Å². The van der Waals surface area contributed by atoms with Gasteiger partial charge in [-0.05, 0) is 19.8 Å². The number of rotatable bonds is 7. The van der Waals surface area contributed by atoms with Crippen molar-refractivity contribution in [3.8, 4) is 0 Å². The van der Waals surface area contributed by atoms with E-state index in [1.807, 2.05) is 20.8 Å². The van der Waals surface area contributed by atoms with Crippen molar-refractivity contribution in [1.82, 2.24) is 0 Å². The zero-order valence-corrected chi connectivity index (χ0v) is 8.43. The maximum absolute atomic E-state index is 11.1. The average molecular weight is 172 g/mol. The molecule has 0 amide bonds. The van der Waals surface area contributed by atoms with Gasteiger partial charge < -0.3 is 4.74 Å². The van der Waals surface area contributed by atoms with Gasteiger partial charge in [0.1, 0.15) is 5.78 Å². The Morgan fingerprint density at radius 1 is 1.33 bits per heavy atom. The number of unbranched alkanes of at least 4 members (excludes halogenated alkanes) is 1. The first kappa shape index (κ1) is 11.6. The van der Waals surface area contributed by atoms with Crippen LogP contribution in [0.1, 0.15) is 40.0 Å². The minimum Gasteiger partial charge on any atom is -0.382 e.